The minimum atomic E-state index is 0.551. The van der Waals surface area contributed by atoms with E-state index < -0.39 is 0 Å². The van der Waals surface area contributed by atoms with Crippen LogP contribution in [0.5, 0.6) is 0 Å². The molecule has 9 rings (SSSR count). The van der Waals surface area contributed by atoms with E-state index in [1.807, 2.05) is 60.7 Å². The Morgan fingerprint density at radius 3 is 1.31 bits per heavy atom. The standard InChI is InChI=1S/C43H29N3O2/c1-5-13-31(14-6-1)45(32-15-7-2-8-16-32)35-22-25-38-37-24-21-30(27-40(37)47-41(38)28-35)43-44-39-26-23-36(29-42(39)48-43)46(33-17-9-3-10-18-33)34-19-11-4-12-20-34/h1-29H. The molecule has 0 bridgehead atoms. The molecule has 9 aromatic rings. The summed E-state index contributed by atoms with van der Waals surface area (Å²) in [6.07, 6.45) is 0. The third kappa shape index (κ3) is 4.95. The van der Waals surface area contributed by atoms with Gasteiger partial charge in [-0.2, -0.15) is 0 Å². The van der Waals surface area contributed by atoms with Gasteiger partial charge in [0.05, 0.1) is 0 Å². The fourth-order valence-corrected chi connectivity index (χ4v) is 6.42. The summed E-state index contributed by atoms with van der Waals surface area (Å²) in [7, 11) is 0. The first-order valence-corrected chi connectivity index (χ1v) is 16.0. The van der Waals surface area contributed by atoms with Crippen molar-refractivity contribution < 1.29 is 8.83 Å². The van der Waals surface area contributed by atoms with Gasteiger partial charge in [0, 0.05) is 62.6 Å². The number of hydrogen-bond acceptors (Lipinski definition) is 5. The maximum Gasteiger partial charge on any atom is 0.227 e. The van der Waals surface area contributed by atoms with E-state index in [4.69, 9.17) is 13.8 Å². The first kappa shape index (κ1) is 27.7. The lowest BCUT2D eigenvalue weighted by molar-refractivity contribution is 0.619. The summed E-state index contributed by atoms with van der Waals surface area (Å²) < 4.78 is 12.9. The minimum Gasteiger partial charge on any atom is -0.456 e. The maximum atomic E-state index is 6.50. The summed E-state index contributed by atoms with van der Waals surface area (Å²) in [4.78, 5) is 9.31. The van der Waals surface area contributed by atoms with Gasteiger partial charge in [-0.15, -0.1) is 0 Å². The molecule has 0 N–H and O–H groups in total. The van der Waals surface area contributed by atoms with Crippen LogP contribution in [0, 0.1) is 0 Å². The average molecular weight is 620 g/mol. The lowest BCUT2D eigenvalue weighted by Gasteiger charge is -2.25. The third-order valence-corrected chi connectivity index (χ3v) is 8.65. The maximum absolute atomic E-state index is 6.50. The Bertz CT molecular complexity index is 2430. The molecule has 0 aliphatic heterocycles. The van der Waals surface area contributed by atoms with E-state index in [0.29, 0.717) is 5.89 Å². The normalized spacial score (nSPS) is 11.3. The van der Waals surface area contributed by atoms with Gasteiger partial charge in [0.15, 0.2) is 5.58 Å². The fraction of sp³-hybridized carbons (Fsp3) is 0. The van der Waals surface area contributed by atoms with Crippen LogP contribution in [0.3, 0.4) is 0 Å². The molecule has 0 aliphatic rings. The predicted octanol–water partition coefficient (Wildman–Crippen LogP) is 12.3. The quantitative estimate of drug-likeness (QED) is 0.178. The molecular formula is C43H29N3O2. The van der Waals surface area contributed by atoms with Crippen LogP contribution in [-0.4, -0.2) is 4.98 Å². The average Bonchev–Trinajstić information content (AvgIpc) is 3.74. The van der Waals surface area contributed by atoms with E-state index in [2.05, 4.69) is 125 Å². The molecule has 0 spiro atoms. The van der Waals surface area contributed by atoms with Crippen molar-refractivity contribution in [2.24, 2.45) is 0 Å². The van der Waals surface area contributed by atoms with Gasteiger partial charge in [-0.3, -0.25) is 0 Å². The second kappa shape index (κ2) is 11.6. The highest BCUT2D eigenvalue weighted by atomic mass is 16.3. The summed E-state index contributed by atoms with van der Waals surface area (Å²) in [5, 5.41) is 2.11. The molecule has 0 saturated carbocycles. The van der Waals surface area contributed by atoms with E-state index >= 15 is 0 Å². The molecule has 0 radical (unpaired) electrons. The predicted molar refractivity (Wildman–Crippen MR) is 196 cm³/mol. The second-order valence-corrected chi connectivity index (χ2v) is 11.7. The number of aromatic nitrogens is 1. The molecule has 2 aromatic heterocycles. The van der Waals surface area contributed by atoms with E-state index in [9.17, 15) is 0 Å². The van der Waals surface area contributed by atoms with Gasteiger partial charge in [-0.05, 0) is 91.0 Å². The number of para-hydroxylation sites is 4. The van der Waals surface area contributed by atoms with Gasteiger partial charge < -0.3 is 18.6 Å². The van der Waals surface area contributed by atoms with Crippen LogP contribution in [0.2, 0.25) is 0 Å². The van der Waals surface area contributed by atoms with Crippen LogP contribution >= 0.6 is 0 Å². The molecule has 0 amide bonds. The monoisotopic (exact) mass is 619 g/mol. The molecule has 0 fully saturated rings. The van der Waals surface area contributed by atoms with Crippen LogP contribution in [0.4, 0.5) is 34.1 Å². The number of fused-ring (bicyclic) bond motifs is 4. The zero-order chi connectivity index (χ0) is 31.9. The first-order valence-electron chi connectivity index (χ1n) is 16.0. The molecule has 0 saturated heterocycles. The number of benzene rings is 7. The number of hydrogen-bond donors (Lipinski definition) is 0. The highest BCUT2D eigenvalue weighted by Gasteiger charge is 2.18. The van der Waals surface area contributed by atoms with Crippen molar-refractivity contribution >= 4 is 67.2 Å². The summed E-state index contributed by atoms with van der Waals surface area (Å²) in [6, 6.07) is 60.2. The molecule has 7 aromatic carbocycles. The van der Waals surface area contributed by atoms with Gasteiger partial charge in [0.1, 0.15) is 16.7 Å². The van der Waals surface area contributed by atoms with Crippen LogP contribution in [0.15, 0.2) is 185 Å². The third-order valence-electron chi connectivity index (χ3n) is 8.65. The molecular weight excluding hydrogens is 590 g/mol. The SMILES string of the molecule is c1ccc(N(c2ccccc2)c2ccc3nc(-c4ccc5c(c4)oc4cc(N(c6ccccc6)c6ccccc6)ccc45)oc3c2)cc1. The van der Waals surface area contributed by atoms with Gasteiger partial charge >= 0.3 is 0 Å². The summed E-state index contributed by atoms with van der Waals surface area (Å²) in [6.45, 7) is 0. The van der Waals surface area contributed by atoms with Gasteiger partial charge in [-0.1, -0.05) is 72.8 Å². The summed E-state index contributed by atoms with van der Waals surface area (Å²) in [5.41, 5.74) is 10.3. The number of nitrogens with zero attached hydrogens (tertiary/aromatic N) is 3. The highest BCUT2D eigenvalue weighted by Crippen LogP contribution is 2.40. The molecule has 5 heteroatoms. The van der Waals surface area contributed by atoms with Crippen molar-refractivity contribution in [3.05, 3.63) is 176 Å². The molecule has 48 heavy (non-hydrogen) atoms. The second-order valence-electron chi connectivity index (χ2n) is 11.7. The van der Waals surface area contributed by atoms with E-state index in [-0.39, 0.29) is 0 Å². The highest BCUT2D eigenvalue weighted by molar-refractivity contribution is 6.07. The van der Waals surface area contributed by atoms with Crippen molar-refractivity contribution in [3.63, 3.8) is 0 Å². The molecule has 228 valence electrons. The number of rotatable bonds is 7. The summed E-state index contributed by atoms with van der Waals surface area (Å²) in [5.74, 6) is 0.551. The lowest BCUT2D eigenvalue weighted by Crippen LogP contribution is -2.09. The topological polar surface area (TPSA) is 45.7 Å². The van der Waals surface area contributed by atoms with Crippen LogP contribution in [0.1, 0.15) is 0 Å². The van der Waals surface area contributed by atoms with Crippen molar-refractivity contribution in [1.82, 2.24) is 4.98 Å². The van der Waals surface area contributed by atoms with Crippen LogP contribution in [0.25, 0.3) is 44.5 Å². The Balaban J connectivity index is 1.09. The Hall–Kier alpha value is -6.59. The number of anilines is 6. The van der Waals surface area contributed by atoms with Crippen molar-refractivity contribution in [1.29, 1.82) is 0 Å². The van der Waals surface area contributed by atoms with E-state index in [1.54, 1.807) is 0 Å². The van der Waals surface area contributed by atoms with Crippen molar-refractivity contribution in [3.8, 4) is 11.5 Å². The zero-order valence-electron chi connectivity index (χ0n) is 25.9. The van der Waals surface area contributed by atoms with Crippen LogP contribution in [-0.2, 0) is 0 Å². The Morgan fingerprint density at radius 1 is 0.354 bits per heavy atom. The van der Waals surface area contributed by atoms with Gasteiger partial charge in [0.2, 0.25) is 5.89 Å². The van der Waals surface area contributed by atoms with E-state index in [0.717, 1.165) is 72.7 Å². The molecule has 0 unspecified atom stereocenters. The smallest absolute Gasteiger partial charge is 0.227 e. The Morgan fingerprint density at radius 2 is 0.792 bits per heavy atom. The van der Waals surface area contributed by atoms with Gasteiger partial charge in [-0.25, -0.2) is 4.98 Å². The molecule has 0 aliphatic carbocycles. The molecule has 2 heterocycles. The lowest BCUT2D eigenvalue weighted by atomic mass is 10.1. The van der Waals surface area contributed by atoms with Crippen LogP contribution < -0.4 is 9.80 Å². The Kier molecular flexibility index (Phi) is 6.72. The molecule has 0 atom stereocenters. The van der Waals surface area contributed by atoms with Crippen molar-refractivity contribution in [2.45, 2.75) is 0 Å². The van der Waals surface area contributed by atoms with Gasteiger partial charge in [0.25, 0.3) is 0 Å². The largest absolute Gasteiger partial charge is 0.456 e. The zero-order valence-corrected chi connectivity index (χ0v) is 25.9. The summed E-state index contributed by atoms with van der Waals surface area (Å²) >= 11 is 0. The number of furan rings is 1. The Labute approximate surface area is 277 Å². The number of oxazole rings is 1. The molecule has 5 nitrogen and oxygen atoms in total. The van der Waals surface area contributed by atoms with Crippen molar-refractivity contribution in [2.75, 3.05) is 9.80 Å². The van der Waals surface area contributed by atoms with E-state index in [1.165, 1.54) is 0 Å². The fourth-order valence-electron chi connectivity index (χ4n) is 6.42. The first-order chi connectivity index (χ1) is 23.8. The minimum absolute atomic E-state index is 0.551.